The van der Waals surface area contributed by atoms with Crippen LogP contribution >= 0.6 is 0 Å². The minimum Gasteiger partial charge on any atom is -0.451 e. The molecular weight excluding hydrogens is 370 g/mol. The van der Waals surface area contributed by atoms with Gasteiger partial charge in [0.2, 0.25) is 0 Å². The average Bonchev–Trinajstić information content (AvgIpc) is 2.73. The van der Waals surface area contributed by atoms with Crippen LogP contribution in [-0.2, 0) is 9.53 Å². The van der Waals surface area contributed by atoms with Crippen molar-refractivity contribution < 1.29 is 14.3 Å². The van der Waals surface area contributed by atoms with Gasteiger partial charge in [0, 0.05) is 11.4 Å². The maximum absolute atomic E-state index is 12.8. The predicted octanol–water partition coefficient (Wildman–Crippen LogP) is 2.85. The molecule has 0 spiro atoms. The van der Waals surface area contributed by atoms with Crippen LogP contribution in [0.25, 0.3) is 16.5 Å². The molecule has 7 heteroatoms. The number of ether oxygens (including phenoxy) is 1. The van der Waals surface area contributed by atoms with E-state index in [0.29, 0.717) is 16.5 Å². The normalized spacial score (nSPS) is 11.8. The molecule has 0 unspecified atom stereocenters. The van der Waals surface area contributed by atoms with Gasteiger partial charge in [-0.2, -0.15) is 9.78 Å². The summed E-state index contributed by atoms with van der Waals surface area (Å²) < 4.78 is 6.35. The molecule has 150 valence electrons. The van der Waals surface area contributed by atoms with E-state index in [1.807, 2.05) is 19.9 Å². The van der Waals surface area contributed by atoms with E-state index in [-0.39, 0.29) is 23.2 Å². The molecule has 2 aromatic carbocycles. The Morgan fingerprint density at radius 1 is 1.07 bits per heavy atom. The lowest BCUT2D eigenvalue weighted by Crippen LogP contribution is -2.36. The Labute approximate surface area is 168 Å². The van der Waals surface area contributed by atoms with E-state index in [9.17, 15) is 14.4 Å². The number of carbonyl (C=O) groups is 2. The fraction of sp³-hybridized carbons (Fsp3) is 0.273. The second kappa shape index (κ2) is 9.14. The molecule has 0 aliphatic carbocycles. The largest absolute Gasteiger partial charge is 0.451 e. The van der Waals surface area contributed by atoms with E-state index in [1.165, 1.54) is 4.68 Å². The van der Waals surface area contributed by atoms with Crippen LogP contribution in [-0.4, -0.2) is 34.3 Å². The molecule has 1 amide bonds. The first-order valence-corrected chi connectivity index (χ1v) is 9.55. The summed E-state index contributed by atoms with van der Waals surface area (Å²) in [6.45, 7) is 3.52. The number of para-hydroxylation sites is 1. The van der Waals surface area contributed by atoms with Crippen LogP contribution in [0, 0.1) is 0 Å². The zero-order valence-electron chi connectivity index (χ0n) is 16.4. The molecular formula is C22H23N3O4. The van der Waals surface area contributed by atoms with Gasteiger partial charge in [-0.3, -0.25) is 9.59 Å². The second-order valence-corrected chi connectivity index (χ2v) is 6.78. The van der Waals surface area contributed by atoms with Gasteiger partial charge >= 0.3 is 5.97 Å². The second-order valence-electron chi connectivity index (χ2n) is 6.78. The lowest BCUT2D eigenvalue weighted by molar-refractivity contribution is -0.124. The Balaban J connectivity index is 1.90. The Hall–Kier alpha value is -3.48. The van der Waals surface area contributed by atoms with Gasteiger partial charge in [-0.1, -0.05) is 49.7 Å². The van der Waals surface area contributed by atoms with Crippen molar-refractivity contribution in [3.63, 3.8) is 0 Å². The first-order chi connectivity index (χ1) is 14.0. The number of rotatable bonds is 7. The Morgan fingerprint density at radius 3 is 2.41 bits per heavy atom. The van der Waals surface area contributed by atoms with Gasteiger partial charge in [0.25, 0.3) is 11.5 Å². The maximum atomic E-state index is 12.8. The fourth-order valence-electron chi connectivity index (χ4n) is 3.11. The highest BCUT2D eigenvalue weighted by atomic mass is 16.5. The number of hydrogen-bond donors (Lipinski definition) is 1. The number of benzene rings is 2. The van der Waals surface area contributed by atoms with Gasteiger partial charge in [-0.25, -0.2) is 4.79 Å². The van der Waals surface area contributed by atoms with Gasteiger partial charge in [0.05, 0.1) is 11.1 Å². The van der Waals surface area contributed by atoms with E-state index in [2.05, 4.69) is 10.4 Å². The highest BCUT2D eigenvalue weighted by molar-refractivity contribution is 6.02. The molecule has 3 aromatic rings. The Kier molecular flexibility index (Phi) is 6.39. The molecule has 7 nitrogen and oxygen atoms in total. The SMILES string of the molecule is CCC[C@H](C)NC(=O)COC(=O)c1nn(-c2ccccc2)c(=O)c2ccccc12. The van der Waals surface area contributed by atoms with Crippen molar-refractivity contribution in [2.24, 2.45) is 0 Å². The number of nitrogens with zero attached hydrogens (tertiary/aromatic N) is 2. The van der Waals surface area contributed by atoms with Crippen molar-refractivity contribution >= 4 is 22.6 Å². The summed E-state index contributed by atoms with van der Waals surface area (Å²) >= 11 is 0. The topological polar surface area (TPSA) is 90.3 Å². The van der Waals surface area contributed by atoms with Crippen molar-refractivity contribution in [1.29, 1.82) is 0 Å². The molecule has 1 heterocycles. The summed E-state index contributed by atoms with van der Waals surface area (Å²) in [5.74, 6) is -1.14. The average molecular weight is 393 g/mol. The number of carbonyl (C=O) groups excluding carboxylic acids is 2. The van der Waals surface area contributed by atoms with E-state index in [0.717, 1.165) is 12.8 Å². The summed E-state index contributed by atoms with van der Waals surface area (Å²) in [6.07, 6.45) is 1.78. The third kappa shape index (κ3) is 4.68. The molecule has 0 radical (unpaired) electrons. The summed E-state index contributed by atoms with van der Waals surface area (Å²) in [4.78, 5) is 37.5. The highest BCUT2D eigenvalue weighted by Gasteiger charge is 2.20. The van der Waals surface area contributed by atoms with Gasteiger partial charge in [-0.15, -0.1) is 0 Å². The number of nitrogens with one attached hydrogen (secondary N) is 1. The van der Waals surface area contributed by atoms with E-state index < -0.39 is 12.6 Å². The van der Waals surface area contributed by atoms with Crippen LogP contribution in [0.3, 0.4) is 0 Å². The molecule has 0 aliphatic rings. The molecule has 0 aliphatic heterocycles. The van der Waals surface area contributed by atoms with Crippen LogP contribution in [0.5, 0.6) is 0 Å². The molecule has 0 saturated carbocycles. The molecule has 1 atom stereocenters. The third-order valence-corrected chi connectivity index (χ3v) is 4.46. The predicted molar refractivity (Wildman–Crippen MR) is 110 cm³/mol. The standard InChI is InChI=1S/C22H23N3O4/c1-3-9-15(2)23-19(26)14-29-22(28)20-17-12-7-8-13-18(17)21(27)25(24-20)16-10-5-4-6-11-16/h4-8,10-13,15H,3,9,14H2,1-2H3,(H,23,26)/t15-/m0/s1. The first-order valence-electron chi connectivity index (χ1n) is 9.55. The smallest absolute Gasteiger partial charge is 0.359 e. The molecule has 0 saturated heterocycles. The van der Waals surface area contributed by atoms with Crippen LogP contribution in [0.2, 0.25) is 0 Å². The summed E-state index contributed by atoms with van der Waals surface area (Å²) in [5.41, 5.74) is 0.177. The van der Waals surface area contributed by atoms with Gasteiger partial charge in [0.15, 0.2) is 12.3 Å². The molecule has 0 bridgehead atoms. The van der Waals surface area contributed by atoms with Crippen LogP contribution in [0.15, 0.2) is 59.4 Å². The maximum Gasteiger partial charge on any atom is 0.359 e. The lowest BCUT2D eigenvalue weighted by atomic mass is 10.1. The minimum absolute atomic E-state index is 0.00476. The van der Waals surface area contributed by atoms with Crippen LogP contribution in [0.4, 0.5) is 0 Å². The fourth-order valence-corrected chi connectivity index (χ4v) is 3.11. The molecule has 0 fully saturated rings. The Bertz CT molecular complexity index is 1080. The number of fused-ring (bicyclic) bond motifs is 1. The number of esters is 1. The zero-order chi connectivity index (χ0) is 20.8. The van der Waals surface area contributed by atoms with Crippen molar-refractivity contribution in [2.75, 3.05) is 6.61 Å². The molecule has 29 heavy (non-hydrogen) atoms. The van der Waals surface area contributed by atoms with Crippen LogP contribution < -0.4 is 10.9 Å². The van der Waals surface area contributed by atoms with Crippen LogP contribution in [0.1, 0.15) is 37.2 Å². The van der Waals surface area contributed by atoms with Gasteiger partial charge in [0.1, 0.15) is 0 Å². The number of hydrogen-bond acceptors (Lipinski definition) is 5. The zero-order valence-corrected chi connectivity index (χ0v) is 16.4. The third-order valence-electron chi connectivity index (χ3n) is 4.46. The monoisotopic (exact) mass is 393 g/mol. The molecule has 1 N–H and O–H groups in total. The van der Waals surface area contributed by atoms with E-state index in [1.54, 1.807) is 48.5 Å². The quantitative estimate of drug-likeness (QED) is 0.624. The van der Waals surface area contributed by atoms with Crippen molar-refractivity contribution in [2.45, 2.75) is 32.7 Å². The summed E-state index contributed by atoms with van der Waals surface area (Å²) in [6, 6.07) is 15.5. The molecule has 3 rings (SSSR count). The Morgan fingerprint density at radius 2 is 1.72 bits per heavy atom. The highest BCUT2D eigenvalue weighted by Crippen LogP contribution is 2.16. The van der Waals surface area contributed by atoms with Crippen molar-refractivity contribution in [3.05, 3.63) is 70.6 Å². The van der Waals surface area contributed by atoms with E-state index in [4.69, 9.17) is 4.74 Å². The van der Waals surface area contributed by atoms with Crippen molar-refractivity contribution in [3.8, 4) is 5.69 Å². The number of aromatic nitrogens is 2. The lowest BCUT2D eigenvalue weighted by Gasteiger charge is -2.13. The first kappa shape index (κ1) is 20.3. The van der Waals surface area contributed by atoms with Gasteiger partial charge < -0.3 is 10.1 Å². The summed E-state index contributed by atoms with van der Waals surface area (Å²) in [7, 11) is 0. The molecule has 1 aromatic heterocycles. The minimum atomic E-state index is -0.760. The van der Waals surface area contributed by atoms with Gasteiger partial charge in [-0.05, 0) is 31.5 Å². The van der Waals surface area contributed by atoms with E-state index >= 15 is 0 Å². The summed E-state index contributed by atoms with van der Waals surface area (Å²) in [5, 5.41) is 7.75. The van der Waals surface area contributed by atoms with Crippen molar-refractivity contribution in [1.82, 2.24) is 15.1 Å². The number of amides is 1.